The number of likely N-dealkylation sites (tertiary alicyclic amines) is 1. The number of H-pyrrole nitrogens is 1. The normalized spacial score (nSPS) is 21.9. The van der Waals surface area contributed by atoms with E-state index in [4.69, 9.17) is 4.74 Å². The van der Waals surface area contributed by atoms with E-state index in [0.717, 1.165) is 57.7 Å². The average Bonchev–Trinajstić information content (AvgIpc) is 3.18. The van der Waals surface area contributed by atoms with Crippen molar-refractivity contribution in [1.29, 1.82) is 0 Å². The number of aromatic nitrogens is 2. The highest BCUT2D eigenvalue weighted by Crippen LogP contribution is 2.29. The number of rotatable bonds is 6. The lowest BCUT2D eigenvalue weighted by molar-refractivity contribution is -0.0694. The molecule has 2 N–H and O–H groups in total. The third-order valence-corrected chi connectivity index (χ3v) is 7.99. The van der Waals surface area contributed by atoms with E-state index in [9.17, 15) is 9.18 Å². The Labute approximate surface area is 180 Å². The molecule has 8 heteroatoms. The largest absolute Gasteiger partial charge is 0.382 e. The molecule has 2 saturated heterocycles. The molecule has 162 valence electrons. The highest BCUT2D eigenvalue weighted by atomic mass is 32.2. The SMILES string of the molecule is O=c1[nH]c(CSC2CCN(C3COC3)CC2)nc2cc(NC3CCCC3)cc(F)c12. The van der Waals surface area contributed by atoms with Gasteiger partial charge in [0, 0.05) is 17.0 Å². The maximum atomic E-state index is 14.6. The highest BCUT2D eigenvalue weighted by molar-refractivity contribution is 7.99. The van der Waals surface area contributed by atoms with Crippen LogP contribution in [-0.4, -0.2) is 58.5 Å². The summed E-state index contributed by atoms with van der Waals surface area (Å²) in [5, 5.41) is 4.03. The lowest BCUT2D eigenvalue weighted by Crippen LogP contribution is -2.52. The lowest BCUT2D eigenvalue weighted by Gasteiger charge is -2.41. The summed E-state index contributed by atoms with van der Waals surface area (Å²) in [4.78, 5) is 22.4. The molecule has 0 radical (unpaired) electrons. The highest BCUT2D eigenvalue weighted by Gasteiger charge is 2.29. The van der Waals surface area contributed by atoms with Crippen LogP contribution in [0.4, 0.5) is 10.1 Å². The number of nitrogens with one attached hydrogen (secondary N) is 2. The van der Waals surface area contributed by atoms with Crippen LogP contribution in [0, 0.1) is 5.82 Å². The van der Waals surface area contributed by atoms with Gasteiger partial charge < -0.3 is 15.0 Å². The molecular formula is C22H29FN4O2S. The Morgan fingerprint density at radius 1 is 1.20 bits per heavy atom. The predicted molar refractivity (Wildman–Crippen MR) is 119 cm³/mol. The number of halogens is 1. The zero-order valence-electron chi connectivity index (χ0n) is 17.2. The van der Waals surface area contributed by atoms with E-state index in [2.05, 4.69) is 20.2 Å². The molecule has 0 unspecified atom stereocenters. The number of thioether (sulfide) groups is 1. The van der Waals surface area contributed by atoms with Crippen LogP contribution in [0.25, 0.3) is 10.9 Å². The summed E-state index contributed by atoms with van der Waals surface area (Å²) in [7, 11) is 0. The van der Waals surface area contributed by atoms with Gasteiger partial charge in [0.1, 0.15) is 17.0 Å². The molecule has 30 heavy (non-hydrogen) atoms. The molecule has 3 heterocycles. The fourth-order valence-corrected chi connectivity index (χ4v) is 5.84. The molecule has 2 aromatic rings. The first-order valence-corrected chi connectivity index (χ1v) is 12.1. The molecule has 3 aliphatic rings. The zero-order valence-corrected chi connectivity index (χ0v) is 18.0. The average molecular weight is 433 g/mol. The number of hydrogen-bond acceptors (Lipinski definition) is 6. The van der Waals surface area contributed by atoms with Gasteiger partial charge in [0.05, 0.1) is 30.5 Å². The predicted octanol–water partition coefficient (Wildman–Crippen LogP) is 3.51. The van der Waals surface area contributed by atoms with Gasteiger partial charge in [-0.3, -0.25) is 9.69 Å². The lowest BCUT2D eigenvalue weighted by atomic mass is 10.1. The van der Waals surface area contributed by atoms with E-state index in [0.29, 0.717) is 34.4 Å². The number of aromatic amines is 1. The number of piperidine rings is 1. The van der Waals surface area contributed by atoms with Gasteiger partial charge >= 0.3 is 0 Å². The molecule has 0 atom stereocenters. The smallest absolute Gasteiger partial charge is 0.261 e. The standard InChI is InChI=1S/C22H29FN4O2S/c23-18-9-15(24-14-3-1-2-4-14)10-19-21(18)22(28)26-20(25-19)13-30-17-5-7-27(8-6-17)16-11-29-12-16/h9-10,14,16-17,24H,1-8,11-13H2,(H,25,26,28). The first-order valence-electron chi connectivity index (χ1n) is 11.1. The van der Waals surface area contributed by atoms with E-state index < -0.39 is 5.82 Å². The van der Waals surface area contributed by atoms with Crippen LogP contribution in [-0.2, 0) is 10.5 Å². The minimum absolute atomic E-state index is 0.0525. The number of fused-ring (bicyclic) bond motifs is 1. The van der Waals surface area contributed by atoms with Crippen molar-refractivity contribution >= 4 is 28.4 Å². The van der Waals surface area contributed by atoms with E-state index in [1.165, 1.54) is 18.9 Å². The Balaban J connectivity index is 1.25. The minimum Gasteiger partial charge on any atom is -0.382 e. The van der Waals surface area contributed by atoms with Crippen molar-refractivity contribution < 1.29 is 9.13 Å². The van der Waals surface area contributed by atoms with E-state index in [-0.39, 0.29) is 10.9 Å². The Morgan fingerprint density at radius 2 is 1.97 bits per heavy atom. The molecule has 0 bridgehead atoms. The van der Waals surface area contributed by atoms with Crippen LogP contribution >= 0.6 is 11.8 Å². The van der Waals surface area contributed by atoms with Gasteiger partial charge in [-0.05, 0) is 50.9 Å². The van der Waals surface area contributed by atoms with Gasteiger partial charge in [-0.1, -0.05) is 12.8 Å². The van der Waals surface area contributed by atoms with Crippen LogP contribution in [0.3, 0.4) is 0 Å². The van der Waals surface area contributed by atoms with Crippen LogP contribution < -0.4 is 10.9 Å². The first kappa shape index (κ1) is 20.3. The monoisotopic (exact) mass is 432 g/mol. The van der Waals surface area contributed by atoms with Gasteiger partial charge in [-0.25, -0.2) is 9.37 Å². The maximum absolute atomic E-state index is 14.6. The van der Waals surface area contributed by atoms with Crippen molar-refractivity contribution in [3.05, 3.63) is 34.1 Å². The van der Waals surface area contributed by atoms with Crippen molar-refractivity contribution in [1.82, 2.24) is 14.9 Å². The Hall–Kier alpha value is -1.64. The molecule has 6 nitrogen and oxygen atoms in total. The van der Waals surface area contributed by atoms with Crippen molar-refractivity contribution in [3.8, 4) is 0 Å². The summed E-state index contributed by atoms with van der Waals surface area (Å²) in [6.45, 7) is 3.95. The van der Waals surface area contributed by atoms with Gasteiger partial charge in [0.25, 0.3) is 5.56 Å². The van der Waals surface area contributed by atoms with Crippen LogP contribution in [0.15, 0.2) is 16.9 Å². The molecule has 1 aromatic carbocycles. The van der Waals surface area contributed by atoms with Crippen molar-refractivity contribution in [2.24, 2.45) is 0 Å². The van der Waals surface area contributed by atoms with Crippen molar-refractivity contribution in [2.45, 2.75) is 61.6 Å². The summed E-state index contributed by atoms with van der Waals surface area (Å²) in [6.07, 6.45) is 6.92. The van der Waals surface area contributed by atoms with Gasteiger partial charge in [0.15, 0.2) is 0 Å². The molecule has 1 aromatic heterocycles. The van der Waals surface area contributed by atoms with E-state index >= 15 is 0 Å². The fourth-order valence-electron chi connectivity index (χ4n) is 4.77. The van der Waals surface area contributed by atoms with Crippen LogP contribution in [0.5, 0.6) is 0 Å². The molecule has 3 fully saturated rings. The Morgan fingerprint density at radius 3 is 2.67 bits per heavy atom. The number of nitrogens with zero attached hydrogens (tertiary/aromatic N) is 2. The molecule has 5 rings (SSSR count). The van der Waals surface area contributed by atoms with Gasteiger partial charge in [-0.15, -0.1) is 0 Å². The third-order valence-electron chi connectivity index (χ3n) is 6.60. The molecule has 0 amide bonds. The number of ether oxygens (including phenoxy) is 1. The van der Waals surface area contributed by atoms with E-state index in [1.807, 2.05) is 17.8 Å². The fraction of sp³-hybridized carbons (Fsp3) is 0.636. The number of anilines is 1. The second kappa shape index (κ2) is 8.85. The molecule has 0 spiro atoms. The maximum Gasteiger partial charge on any atom is 0.261 e. The molecule has 1 aliphatic carbocycles. The molecule has 2 aliphatic heterocycles. The zero-order chi connectivity index (χ0) is 20.5. The summed E-state index contributed by atoms with van der Waals surface area (Å²) < 4.78 is 19.9. The second-order valence-corrected chi connectivity index (χ2v) is 10.0. The van der Waals surface area contributed by atoms with E-state index in [1.54, 1.807) is 0 Å². The summed E-state index contributed by atoms with van der Waals surface area (Å²) in [5.74, 6) is 0.766. The topological polar surface area (TPSA) is 70.2 Å². The van der Waals surface area contributed by atoms with Gasteiger partial charge in [-0.2, -0.15) is 11.8 Å². The minimum atomic E-state index is -0.506. The van der Waals surface area contributed by atoms with Crippen molar-refractivity contribution in [2.75, 3.05) is 31.6 Å². The summed E-state index contributed by atoms with van der Waals surface area (Å²) >= 11 is 1.84. The first-order chi connectivity index (χ1) is 14.7. The number of benzene rings is 1. The molecular weight excluding hydrogens is 403 g/mol. The molecule has 1 saturated carbocycles. The summed E-state index contributed by atoms with van der Waals surface area (Å²) in [5.41, 5.74) is 0.769. The Kier molecular flexibility index (Phi) is 5.98. The third kappa shape index (κ3) is 4.36. The Bertz CT molecular complexity index is 950. The van der Waals surface area contributed by atoms with Crippen LogP contribution in [0.1, 0.15) is 44.3 Å². The number of hydrogen-bond donors (Lipinski definition) is 2. The van der Waals surface area contributed by atoms with Crippen LogP contribution in [0.2, 0.25) is 0 Å². The quantitative estimate of drug-likeness (QED) is 0.728. The van der Waals surface area contributed by atoms with Crippen molar-refractivity contribution in [3.63, 3.8) is 0 Å². The summed E-state index contributed by atoms with van der Waals surface area (Å²) in [6, 6.07) is 4.24. The second-order valence-electron chi connectivity index (χ2n) is 8.73. The van der Waals surface area contributed by atoms with Gasteiger partial charge in [0.2, 0.25) is 0 Å².